The Bertz CT molecular complexity index is 720. The topological polar surface area (TPSA) is 48.7 Å². The molecular formula is C17H23N3O2. The van der Waals surface area contributed by atoms with Gasteiger partial charge in [0.25, 0.3) is 5.91 Å². The fourth-order valence-corrected chi connectivity index (χ4v) is 3.39. The number of nitrogens with zero attached hydrogens (tertiary/aromatic N) is 3. The largest absolute Gasteiger partial charge is 0.390 e. The number of likely N-dealkylation sites (N-methyl/N-ethyl adjacent to an activating group) is 1. The summed E-state index contributed by atoms with van der Waals surface area (Å²) in [4.78, 5) is 16.7. The van der Waals surface area contributed by atoms with Gasteiger partial charge in [-0.25, -0.2) is 0 Å². The highest BCUT2D eigenvalue weighted by atomic mass is 16.3. The molecule has 2 atom stereocenters. The van der Waals surface area contributed by atoms with E-state index in [1.807, 2.05) is 57.2 Å². The number of aliphatic hydroxyl groups is 1. The maximum absolute atomic E-state index is 13.0. The van der Waals surface area contributed by atoms with E-state index < -0.39 is 6.10 Å². The zero-order chi connectivity index (χ0) is 16.0. The van der Waals surface area contributed by atoms with E-state index in [4.69, 9.17) is 0 Å². The second kappa shape index (κ2) is 5.41. The molecule has 3 rings (SSSR count). The number of hydrogen-bond acceptors (Lipinski definition) is 3. The molecule has 1 amide bonds. The summed E-state index contributed by atoms with van der Waals surface area (Å²) in [6.45, 7) is 2.93. The fraction of sp³-hybridized carbons (Fsp3) is 0.471. The third-order valence-electron chi connectivity index (χ3n) is 4.82. The smallest absolute Gasteiger partial charge is 0.256 e. The predicted octanol–water partition coefficient (Wildman–Crippen LogP) is 1.23. The number of aryl methyl sites for hydroxylation is 1. The molecule has 5 nitrogen and oxygen atoms in total. The second-order valence-corrected chi connectivity index (χ2v) is 6.35. The summed E-state index contributed by atoms with van der Waals surface area (Å²) in [5.74, 6) is 0.0118. The zero-order valence-corrected chi connectivity index (χ0v) is 13.6. The van der Waals surface area contributed by atoms with Crippen LogP contribution in [-0.4, -0.2) is 64.7 Å². The number of rotatable bonds is 2. The van der Waals surface area contributed by atoms with Gasteiger partial charge in [-0.2, -0.15) is 0 Å². The molecule has 2 aromatic rings. The number of likely N-dealkylation sites (tertiary alicyclic amines) is 1. The van der Waals surface area contributed by atoms with Crippen molar-refractivity contribution in [3.63, 3.8) is 0 Å². The first-order chi connectivity index (χ1) is 10.4. The van der Waals surface area contributed by atoms with Gasteiger partial charge in [-0.1, -0.05) is 18.2 Å². The molecule has 0 bridgehead atoms. The number of benzene rings is 1. The Hall–Kier alpha value is -1.85. The van der Waals surface area contributed by atoms with Crippen molar-refractivity contribution in [1.82, 2.24) is 14.4 Å². The highest BCUT2D eigenvalue weighted by Crippen LogP contribution is 2.27. The number of fused-ring (bicyclic) bond motifs is 1. The second-order valence-electron chi connectivity index (χ2n) is 6.35. The Morgan fingerprint density at radius 3 is 2.59 bits per heavy atom. The summed E-state index contributed by atoms with van der Waals surface area (Å²) in [5.41, 5.74) is 2.78. The lowest BCUT2D eigenvalue weighted by atomic mass is 10.1. The minimum atomic E-state index is -0.491. The maximum atomic E-state index is 13.0. The summed E-state index contributed by atoms with van der Waals surface area (Å²) < 4.78 is 2.05. The first-order valence-electron chi connectivity index (χ1n) is 7.59. The average Bonchev–Trinajstić information content (AvgIpc) is 2.99. The monoisotopic (exact) mass is 301 g/mol. The molecule has 0 unspecified atom stereocenters. The molecule has 0 saturated carbocycles. The normalized spacial score (nSPS) is 22.0. The highest BCUT2D eigenvalue weighted by molar-refractivity contribution is 6.08. The molecule has 2 heterocycles. The molecule has 1 fully saturated rings. The van der Waals surface area contributed by atoms with E-state index in [0.29, 0.717) is 13.1 Å². The molecule has 1 aliphatic rings. The molecule has 118 valence electrons. The fourth-order valence-electron chi connectivity index (χ4n) is 3.39. The number of para-hydroxylation sites is 1. The van der Waals surface area contributed by atoms with Gasteiger partial charge in [-0.05, 0) is 27.1 Å². The Morgan fingerprint density at radius 1 is 1.27 bits per heavy atom. The number of carbonyl (C=O) groups excluding carboxylic acids is 1. The van der Waals surface area contributed by atoms with Crippen molar-refractivity contribution in [1.29, 1.82) is 0 Å². The minimum absolute atomic E-state index is 0.000711. The van der Waals surface area contributed by atoms with Gasteiger partial charge in [0.05, 0.1) is 17.7 Å². The first-order valence-corrected chi connectivity index (χ1v) is 7.59. The molecule has 1 aromatic heterocycles. The molecule has 0 aliphatic carbocycles. The standard InChI is InChI=1S/C17H23N3O2/c1-11-16(12-7-5-6-8-13(12)19(11)4)17(22)20-9-14(18(2)3)15(21)10-20/h5-8,14-15,21H,9-10H2,1-4H3/t14-,15-/m1/s1. The molecule has 0 radical (unpaired) electrons. The van der Waals surface area contributed by atoms with Crippen molar-refractivity contribution < 1.29 is 9.90 Å². The SMILES string of the molecule is Cc1c(C(=O)N2C[C@@H](O)[C@H](N(C)C)C2)c2ccccc2n1C. The van der Waals surface area contributed by atoms with Crippen LogP contribution >= 0.6 is 0 Å². The van der Waals surface area contributed by atoms with Gasteiger partial charge in [-0.3, -0.25) is 4.79 Å². The molecule has 1 aromatic carbocycles. The van der Waals surface area contributed by atoms with Crippen LogP contribution in [-0.2, 0) is 7.05 Å². The van der Waals surface area contributed by atoms with Crippen LogP contribution in [0.15, 0.2) is 24.3 Å². The van der Waals surface area contributed by atoms with Gasteiger partial charge < -0.3 is 19.5 Å². The van der Waals surface area contributed by atoms with E-state index in [9.17, 15) is 9.90 Å². The van der Waals surface area contributed by atoms with E-state index in [1.54, 1.807) is 4.90 Å². The van der Waals surface area contributed by atoms with Crippen LogP contribution in [0.25, 0.3) is 10.9 Å². The lowest BCUT2D eigenvalue weighted by Crippen LogP contribution is -2.38. The molecule has 5 heteroatoms. The van der Waals surface area contributed by atoms with Crippen LogP contribution < -0.4 is 0 Å². The van der Waals surface area contributed by atoms with Crippen molar-refractivity contribution in [2.75, 3.05) is 27.2 Å². The molecule has 1 N–H and O–H groups in total. The predicted molar refractivity (Wildman–Crippen MR) is 87.0 cm³/mol. The van der Waals surface area contributed by atoms with Crippen molar-refractivity contribution in [2.24, 2.45) is 7.05 Å². The van der Waals surface area contributed by atoms with E-state index in [1.165, 1.54) is 0 Å². The number of amides is 1. The minimum Gasteiger partial charge on any atom is -0.390 e. The van der Waals surface area contributed by atoms with Crippen LogP contribution in [0.2, 0.25) is 0 Å². The molecule has 0 spiro atoms. The van der Waals surface area contributed by atoms with Gasteiger partial charge in [0, 0.05) is 36.7 Å². The maximum Gasteiger partial charge on any atom is 0.256 e. The van der Waals surface area contributed by atoms with Gasteiger partial charge in [0.15, 0.2) is 0 Å². The van der Waals surface area contributed by atoms with Crippen molar-refractivity contribution in [2.45, 2.75) is 19.1 Å². The Labute approximate surface area is 130 Å². The Morgan fingerprint density at radius 2 is 1.95 bits per heavy atom. The third kappa shape index (κ3) is 2.21. The van der Waals surface area contributed by atoms with E-state index in [0.717, 1.165) is 22.2 Å². The van der Waals surface area contributed by atoms with Crippen molar-refractivity contribution in [3.05, 3.63) is 35.5 Å². The number of hydrogen-bond donors (Lipinski definition) is 1. The molecule has 1 saturated heterocycles. The van der Waals surface area contributed by atoms with Crippen LogP contribution in [0.1, 0.15) is 16.1 Å². The number of carbonyl (C=O) groups is 1. The third-order valence-corrected chi connectivity index (χ3v) is 4.82. The quantitative estimate of drug-likeness (QED) is 0.908. The number of β-amino-alcohol motifs (C(OH)–C–C–N with tert-alkyl or cyclic N) is 1. The van der Waals surface area contributed by atoms with Gasteiger partial charge in [-0.15, -0.1) is 0 Å². The molecule has 22 heavy (non-hydrogen) atoms. The van der Waals surface area contributed by atoms with Gasteiger partial charge in [0.2, 0.25) is 0 Å². The summed E-state index contributed by atoms with van der Waals surface area (Å²) >= 11 is 0. The van der Waals surface area contributed by atoms with Crippen LogP contribution in [0.5, 0.6) is 0 Å². The van der Waals surface area contributed by atoms with E-state index >= 15 is 0 Å². The van der Waals surface area contributed by atoms with Crippen molar-refractivity contribution in [3.8, 4) is 0 Å². The van der Waals surface area contributed by atoms with Crippen LogP contribution in [0.3, 0.4) is 0 Å². The summed E-state index contributed by atoms with van der Waals surface area (Å²) in [6, 6.07) is 7.96. The van der Waals surface area contributed by atoms with E-state index in [2.05, 4.69) is 4.57 Å². The van der Waals surface area contributed by atoms with E-state index in [-0.39, 0.29) is 11.9 Å². The molecule has 1 aliphatic heterocycles. The zero-order valence-electron chi connectivity index (χ0n) is 13.6. The summed E-state index contributed by atoms with van der Waals surface area (Å²) in [5, 5.41) is 11.2. The summed E-state index contributed by atoms with van der Waals surface area (Å²) in [7, 11) is 5.85. The van der Waals surface area contributed by atoms with Gasteiger partial charge in [0.1, 0.15) is 0 Å². The highest BCUT2D eigenvalue weighted by Gasteiger charge is 2.36. The summed E-state index contributed by atoms with van der Waals surface area (Å²) in [6.07, 6.45) is -0.491. The van der Waals surface area contributed by atoms with Crippen LogP contribution in [0, 0.1) is 6.92 Å². The van der Waals surface area contributed by atoms with Gasteiger partial charge >= 0.3 is 0 Å². The van der Waals surface area contributed by atoms with Crippen LogP contribution in [0.4, 0.5) is 0 Å². The Kier molecular flexibility index (Phi) is 3.70. The molecular weight excluding hydrogens is 278 g/mol. The number of aliphatic hydroxyl groups excluding tert-OH is 1. The lowest BCUT2D eigenvalue weighted by molar-refractivity contribution is 0.0765. The average molecular weight is 301 g/mol. The number of aromatic nitrogens is 1. The first kappa shape index (κ1) is 15.1. The Balaban J connectivity index is 1.99. The lowest BCUT2D eigenvalue weighted by Gasteiger charge is -2.21. The van der Waals surface area contributed by atoms with Crippen molar-refractivity contribution >= 4 is 16.8 Å².